The van der Waals surface area contributed by atoms with Crippen molar-refractivity contribution >= 4 is 40.5 Å². The number of benzene rings is 2. The van der Waals surface area contributed by atoms with Gasteiger partial charge in [-0.3, -0.25) is 14.9 Å². The number of carbonyl (C=O) groups is 1. The fourth-order valence-electron chi connectivity index (χ4n) is 1.83. The van der Waals surface area contributed by atoms with E-state index >= 15 is 0 Å². The normalized spacial score (nSPS) is 11.2. The third kappa shape index (κ3) is 4.01. The minimum absolute atomic E-state index is 0.00411. The second-order valence-electron chi connectivity index (χ2n) is 4.72. The molecule has 9 heteroatoms. The number of phenols is 1. The molecule has 0 saturated carbocycles. The summed E-state index contributed by atoms with van der Waals surface area (Å²) in [7, 11) is 0. The zero-order valence-electron chi connectivity index (χ0n) is 12.3. The van der Waals surface area contributed by atoms with E-state index in [-0.39, 0.29) is 27.0 Å². The Labute approximate surface area is 146 Å². The van der Waals surface area contributed by atoms with Crippen molar-refractivity contribution in [3.8, 4) is 5.75 Å². The van der Waals surface area contributed by atoms with Crippen molar-refractivity contribution in [1.29, 1.82) is 0 Å². The Balaban J connectivity index is 2.23. The van der Waals surface area contributed by atoms with E-state index in [0.717, 1.165) is 0 Å². The first kappa shape index (κ1) is 17.7. The van der Waals surface area contributed by atoms with Crippen LogP contribution in [0.4, 0.5) is 5.69 Å². The summed E-state index contributed by atoms with van der Waals surface area (Å²) in [5.41, 5.74) is 2.70. The van der Waals surface area contributed by atoms with Crippen LogP contribution in [0.25, 0.3) is 0 Å². The molecule has 2 N–H and O–H groups in total. The predicted molar refractivity (Wildman–Crippen MR) is 90.9 cm³/mol. The lowest BCUT2D eigenvalue weighted by atomic mass is 10.1. The van der Waals surface area contributed by atoms with Crippen LogP contribution >= 0.6 is 23.2 Å². The molecule has 1 amide bonds. The van der Waals surface area contributed by atoms with E-state index in [1.54, 1.807) is 6.92 Å². The van der Waals surface area contributed by atoms with Crippen molar-refractivity contribution in [2.24, 2.45) is 5.10 Å². The van der Waals surface area contributed by atoms with Gasteiger partial charge in [0.2, 0.25) is 0 Å². The number of phenolic OH excluding ortho intramolecular Hbond substituents is 1. The molecule has 0 aliphatic carbocycles. The molecule has 124 valence electrons. The average Bonchev–Trinajstić information content (AvgIpc) is 2.54. The SMILES string of the molecule is C/C(=N/NC(=O)c1cc(Cl)ccc1O)c1ccc(Cl)c([N+](=O)[O-])c1. The number of rotatable bonds is 4. The molecule has 2 aromatic rings. The number of nitro benzene ring substituents is 1. The molecule has 2 rings (SSSR count). The van der Waals surface area contributed by atoms with Crippen LogP contribution < -0.4 is 5.43 Å². The number of nitrogens with one attached hydrogen (secondary N) is 1. The van der Waals surface area contributed by atoms with E-state index in [2.05, 4.69) is 10.5 Å². The van der Waals surface area contributed by atoms with Gasteiger partial charge in [0.05, 0.1) is 16.2 Å². The smallest absolute Gasteiger partial charge is 0.288 e. The fourth-order valence-corrected chi connectivity index (χ4v) is 2.19. The molecule has 0 atom stereocenters. The molecule has 2 aromatic carbocycles. The Morgan fingerprint density at radius 3 is 2.62 bits per heavy atom. The summed E-state index contributed by atoms with van der Waals surface area (Å²) in [6.07, 6.45) is 0. The molecule has 24 heavy (non-hydrogen) atoms. The van der Waals surface area contributed by atoms with Crippen molar-refractivity contribution in [2.45, 2.75) is 6.92 Å². The maximum Gasteiger partial charge on any atom is 0.288 e. The average molecular weight is 368 g/mol. The van der Waals surface area contributed by atoms with Crippen LogP contribution in [0, 0.1) is 10.1 Å². The van der Waals surface area contributed by atoms with Crippen LogP contribution in [0.1, 0.15) is 22.8 Å². The van der Waals surface area contributed by atoms with Gasteiger partial charge in [-0.05, 0) is 31.2 Å². The van der Waals surface area contributed by atoms with Crippen molar-refractivity contribution in [1.82, 2.24) is 5.43 Å². The van der Waals surface area contributed by atoms with Crippen LogP contribution in [-0.4, -0.2) is 21.6 Å². The molecule has 0 fully saturated rings. The number of nitro groups is 1. The fraction of sp³-hybridized carbons (Fsp3) is 0.0667. The lowest BCUT2D eigenvalue weighted by Gasteiger charge is -2.05. The van der Waals surface area contributed by atoms with Crippen LogP contribution in [0.5, 0.6) is 5.75 Å². The van der Waals surface area contributed by atoms with Gasteiger partial charge in [-0.25, -0.2) is 5.43 Å². The minimum atomic E-state index is -0.669. The molecule has 0 aliphatic rings. The molecule has 0 aromatic heterocycles. The van der Waals surface area contributed by atoms with Gasteiger partial charge < -0.3 is 5.11 Å². The number of amides is 1. The summed E-state index contributed by atoms with van der Waals surface area (Å²) in [6.45, 7) is 1.56. The highest BCUT2D eigenvalue weighted by Gasteiger charge is 2.15. The van der Waals surface area contributed by atoms with Gasteiger partial charge in [0.25, 0.3) is 11.6 Å². The van der Waals surface area contributed by atoms with Gasteiger partial charge in [-0.15, -0.1) is 0 Å². The van der Waals surface area contributed by atoms with Gasteiger partial charge in [-0.2, -0.15) is 5.10 Å². The second-order valence-corrected chi connectivity index (χ2v) is 5.57. The number of nitrogens with zero attached hydrogens (tertiary/aromatic N) is 2. The molecule has 0 heterocycles. The number of hydrogen-bond acceptors (Lipinski definition) is 5. The van der Waals surface area contributed by atoms with E-state index < -0.39 is 10.8 Å². The Bertz CT molecular complexity index is 853. The molecule has 0 unspecified atom stereocenters. The number of halogens is 2. The summed E-state index contributed by atoms with van der Waals surface area (Å²) >= 11 is 11.5. The molecule has 0 saturated heterocycles. The van der Waals surface area contributed by atoms with Gasteiger partial charge in [0.15, 0.2) is 0 Å². The maximum absolute atomic E-state index is 12.0. The summed E-state index contributed by atoms with van der Waals surface area (Å²) in [5, 5.41) is 24.7. The monoisotopic (exact) mass is 367 g/mol. The number of hydrazone groups is 1. The highest BCUT2D eigenvalue weighted by molar-refractivity contribution is 6.32. The van der Waals surface area contributed by atoms with Crippen molar-refractivity contribution < 1.29 is 14.8 Å². The van der Waals surface area contributed by atoms with E-state index in [0.29, 0.717) is 11.3 Å². The Morgan fingerprint density at radius 2 is 1.96 bits per heavy atom. The number of aromatic hydroxyl groups is 1. The van der Waals surface area contributed by atoms with E-state index in [9.17, 15) is 20.0 Å². The van der Waals surface area contributed by atoms with Crippen molar-refractivity contribution in [3.05, 3.63) is 67.7 Å². The summed E-state index contributed by atoms with van der Waals surface area (Å²) in [4.78, 5) is 22.3. The zero-order chi connectivity index (χ0) is 17.9. The molecule has 7 nitrogen and oxygen atoms in total. The summed E-state index contributed by atoms with van der Waals surface area (Å²) in [6, 6.07) is 8.19. The molecule has 0 bridgehead atoms. The van der Waals surface area contributed by atoms with Crippen LogP contribution in [0.3, 0.4) is 0 Å². The lowest BCUT2D eigenvalue weighted by Crippen LogP contribution is -2.19. The highest BCUT2D eigenvalue weighted by Crippen LogP contribution is 2.25. The predicted octanol–water partition coefficient (Wildman–Crippen LogP) is 3.76. The van der Waals surface area contributed by atoms with Crippen LogP contribution in [-0.2, 0) is 0 Å². The Hall–Kier alpha value is -2.64. The Morgan fingerprint density at radius 1 is 1.25 bits per heavy atom. The second kappa shape index (κ2) is 7.29. The Kier molecular flexibility index (Phi) is 5.38. The van der Waals surface area contributed by atoms with Crippen LogP contribution in [0.2, 0.25) is 10.0 Å². The van der Waals surface area contributed by atoms with Gasteiger partial charge >= 0.3 is 0 Å². The molecular weight excluding hydrogens is 357 g/mol. The van der Waals surface area contributed by atoms with Gasteiger partial charge in [0, 0.05) is 16.7 Å². The van der Waals surface area contributed by atoms with E-state index in [1.807, 2.05) is 0 Å². The first-order valence-corrected chi connectivity index (χ1v) is 7.32. The topological polar surface area (TPSA) is 105 Å². The third-order valence-electron chi connectivity index (χ3n) is 3.09. The summed E-state index contributed by atoms with van der Waals surface area (Å²) < 4.78 is 0. The quantitative estimate of drug-likeness (QED) is 0.487. The number of carbonyl (C=O) groups excluding carboxylic acids is 1. The number of hydrogen-bond donors (Lipinski definition) is 2. The minimum Gasteiger partial charge on any atom is -0.507 e. The van der Waals surface area contributed by atoms with E-state index in [1.165, 1.54) is 36.4 Å². The van der Waals surface area contributed by atoms with Gasteiger partial charge in [0.1, 0.15) is 10.8 Å². The third-order valence-corrected chi connectivity index (χ3v) is 3.64. The zero-order valence-corrected chi connectivity index (χ0v) is 13.8. The standard InChI is InChI=1S/C15H11Cl2N3O4/c1-8(9-2-4-12(17)13(6-9)20(23)24)18-19-15(22)11-7-10(16)3-5-14(11)21/h2-7,21H,1H3,(H,19,22)/b18-8-. The largest absolute Gasteiger partial charge is 0.507 e. The van der Waals surface area contributed by atoms with Crippen LogP contribution in [0.15, 0.2) is 41.5 Å². The van der Waals surface area contributed by atoms with Crippen molar-refractivity contribution in [3.63, 3.8) is 0 Å². The molecule has 0 aliphatic heterocycles. The lowest BCUT2D eigenvalue weighted by molar-refractivity contribution is -0.384. The maximum atomic E-state index is 12.0. The van der Waals surface area contributed by atoms with Gasteiger partial charge in [-0.1, -0.05) is 29.3 Å². The van der Waals surface area contributed by atoms with Crippen molar-refractivity contribution in [2.75, 3.05) is 0 Å². The van der Waals surface area contributed by atoms with E-state index in [4.69, 9.17) is 23.2 Å². The molecular formula is C15H11Cl2N3O4. The molecule has 0 radical (unpaired) electrons. The summed E-state index contributed by atoms with van der Waals surface area (Å²) in [5.74, 6) is -0.912. The molecule has 0 spiro atoms. The highest BCUT2D eigenvalue weighted by atomic mass is 35.5. The first-order chi connectivity index (χ1) is 11.3. The first-order valence-electron chi connectivity index (χ1n) is 6.57.